The zero-order chi connectivity index (χ0) is 19.8. The second-order valence-electron chi connectivity index (χ2n) is 7.91. The van der Waals surface area contributed by atoms with Crippen LogP contribution in [-0.4, -0.2) is 24.9 Å². The van der Waals surface area contributed by atoms with Crippen LogP contribution < -0.4 is 15.5 Å². The topological polar surface area (TPSA) is 61.4 Å². The van der Waals surface area contributed by atoms with Crippen LogP contribution in [0.15, 0.2) is 48.5 Å². The molecule has 4 rings (SSSR count). The molecule has 1 aliphatic carbocycles. The van der Waals surface area contributed by atoms with Crippen molar-refractivity contribution in [2.75, 3.05) is 17.3 Å². The molecular formula is C23H27N3O2. The molecule has 1 aliphatic heterocycles. The molecule has 0 spiro atoms. The number of benzene rings is 2. The van der Waals surface area contributed by atoms with E-state index in [-0.39, 0.29) is 29.8 Å². The first-order valence-electron chi connectivity index (χ1n) is 9.98. The van der Waals surface area contributed by atoms with Crippen LogP contribution >= 0.6 is 0 Å². The number of amides is 2. The van der Waals surface area contributed by atoms with E-state index >= 15 is 0 Å². The van der Waals surface area contributed by atoms with Gasteiger partial charge in [0.2, 0.25) is 5.91 Å². The Kier molecular flexibility index (Phi) is 4.84. The monoisotopic (exact) mass is 377 g/mol. The normalized spacial score (nSPS) is 23.7. The van der Waals surface area contributed by atoms with Crippen molar-refractivity contribution in [1.29, 1.82) is 0 Å². The summed E-state index contributed by atoms with van der Waals surface area (Å²) < 4.78 is 0. The highest BCUT2D eigenvalue weighted by Crippen LogP contribution is 2.49. The molecule has 0 bridgehead atoms. The summed E-state index contributed by atoms with van der Waals surface area (Å²) in [5.74, 6) is 0.885. The molecule has 2 amide bonds. The lowest BCUT2D eigenvalue weighted by Gasteiger charge is -2.46. The van der Waals surface area contributed by atoms with Gasteiger partial charge in [0.05, 0.1) is 6.04 Å². The van der Waals surface area contributed by atoms with Crippen molar-refractivity contribution in [3.8, 4) is 0 Å². The lowest BCUT2D eigenvalue weighted by molar-refractivity contribution is -0.117. The lowest BCUT2D eigenvalue weighted by Crippen LogP contribution is -2.51. The first-order valence-corrected chi connectivity index (χ1v) is 9.98. The van der Waals surface area contributed by atoms with Crippen LogP contribution in [0.2, 0.25) is 0 Å². The molecule has 3 atom stereocenters. The first kappa shape index (κ1) is 18.5. The molecule has 1 fully saturated rings. The first-order chi connectivity index (χ1) is 13.5. The Bertz CT molecular complexity index is 889. The smallest absolute Gasteiger partial charge is 0.251 e. The molecule has 1 heterocycles. The van der Waals surface area contributed by atoms with E-state index < -0.39 is 0 Å². The van der Waals surface area contributed by atoms with Crippen molar-refractivity contribution in [3.05, 3.63) is 59.7 Å². The van der Waals surface area contributed by atoms with Gasteiger partial charge in [0.15, 0.2) is 0 Å². The second kappa shape index (κ2) is 7.30. The predicted octanol–water partition coefficient (Wildman–Crippen LogP) is 3.98. The standard InChI is InChI=1S/C23H27N3O2/c1-14-21(25-18-12-10-17(11-13-18)23(28)24-3)19-6-4-5-7-20(19)26(15(2)27)22(14)16-8-9-16/h4-7,10-14,16,21-22,25H,8-9H2,1-3H3,(H,24,28)/t14-,21?,22-/m1/s1. The molecule has 2 aliphatic rings. The van der Waals surface area contributed by atoms with Gasteiger partial charge in [-0.25, -0.2) is 0 Å². The highest BCUT2D eigenvalue weighted by molar-refractivity contribution is 5.95. The van der Waals surface area contributed by atoms with Crippen LogP contribution in [0.25, 0.3) is 0 Å². The van der Waals surface area contributed by atoms with Crippen LogP contribution in [0, 0.1) is 11.8 Å². The summed E-state index contributed by atoms with van der Waals surface area (Å²) >= 11 is 0. The Hall–Kier alpha value is -2.82. The number of anilines is 2. The summed E-state index contributed by atoms with van der Waals surface area (Å²) in [5.41, 5.74) is 3.79. The third-order valence-corrected chi connectivity index (χ3v) is 6.03. The molecule has 2 N–H and O–H groups in total. The Balaban J connectivity index is 1.68. The Labute approximate surface area is 166 Å². The van der Waals surface area contributed by atoms with E-state index in [0.717, 1.165) is 16.9 Å². The average molecular weight is 377 g/mol. The molecule has 0 radical (unpaired) electrons. The lowest BCUT2D eigenvalue weighted by atomic mass is 9.80. The van der Waals surface area contributed by atoms with Crippen molar-refractivity contribution in [2.24, 2.45) is 11.8 Å². The quantitative estimate of drug-likeness (QED) is 0.847. The molecule has 28 heavy (non-hydrogen) atoms. The zero-order valence-corrected chi connectivity index (χ0v) is 16.6. The number of carbonyl (C=O) groups is 2. The SMILES string of the molecule is CNC(=O)c1ccc(NC2c3ccccc3N(C(C)=O)[C@@H](C3CC3)[C@@H]2C)cc1. The van der Waals surface area contributed by atoms with E-state index in [1.807, 2.05) is 41.3 Å². The van der Waals surface area contributed by atoms with Gasteiger partial charge in [-0.1, -0.05) is 25.1 Å². The number of para-hydroxylation sites is 1. The molecule has 5 nitrogen and oxygen atoms in total. The third-order valence-electron chi connectivity index (χ3n) is 6.03. The van der Waals surface area contributed by atoms with E-state index in [1.165, 1.54) is 12.8 Å². The van der Waals surface area contributed by atoms with Crippen LogP contribution in [0.3, 0.4) is 0 Å². The molecule has 5 heteroatoms. The van der Waals surface area contributed by atoms with E-state index in [0.29, 0.717) is 11.5 Å². The van der Waals surface area contributed by atoms with Gasteiger partial charge in [0.1, 0.15) is 0 Å². The third kappa shape index (κ3) is 3.26. The number of hydrogen-bond acceptors (Lipinski definition) is 3. The van der Waals surface area contributed by atoms with Gasteiger partial charge >= 0.3 is 0 Å². The maximum absolute atomic E-state index is 12.5. The minimum absolute atomic E-state index is 0.0890. The van der Waals surface area contributed by atoms with Gasteiger partial charge in [0, 0.05) is 42.9 Å². The number of nitrogens with zero attached hydrogens (tertiary/aromatic N) is 1. The molecule has 0 saturated heterocycles. The Morgan fingerprint density at radius 1 is 1.04 bits per heavy atom. The summed E-state index contributed by atoms with van der Waals surface area (Å²) in [4.78, 5) is 26.3. The van der Waals surface area contributed by atoms with Crippen LogP contribution in [0.1, 0.15) is 48.7 Å². The number of carbonyl (C=O) groups excluding carboxylic acids is 2. The van der Waals surface area contributed by atoms with Crippen LogP contribution in [0.5, 0.6) is 0 Å². The van der Waals surface area contributed by atoms with Gasteiger partial charge in [-0.05, 0) is 54.7 Å². The number of rotatable bonds is 4. The van der Waals surface area contributed by atoms with Gasteiger partial charge in [-0.15, -0.1) is 0 Å². The predicted molar refractivity (Wildman–Crippen MR) is 111 cm³/mol. The molecule has 1 saturated carbocycles. The summed E-state index contributed by atoms with van der Waals surface area (Å²) in [6.45, 7) is 3.91. The summed E-state index contributed by atoms with van der Waals surface area (Å²) in [5, 5.41) is 6.32. The van der Waals surface area contributed by atoms with E-state index in [1.54, 1.807) is 14.0 Å². The van der Waals surface area contributed by atoms with Gasteiger partial charge in [0.25, 0.3) is 5.91 Å². The molecule has 2 aromatic carbocycles. The summed E-state index contributed by atoms with van der Waals surface area (Å²) in [6, 6.07) is 16.1. The highest BCUT2D eigenvalue weighted by Gasteiger charge is 2.47. The Morgan fingerprint density at radius 2 is 1.71 bits per heavy atom. The number of fused-ring (bicyclic) bond motifs is 1. The van der Waals surface area contributed by atoms with Gasteiger partial charge in [-0.3, -0.25) is 9.59 Å². The molecule has 1 unspecified atom stereocenters. The van der Waals surface area contributed by atoms with Crippen LogP contribution in [0.4, 0.5) is 11.4 Å². The number of hydrogen-bond donors (Lipinski definition) is 2. The largest absolute Gasteiger partial charge is 0.378 e. The Morgan fingerprint density at radius 3 is 2.32 bits per heavy atom. The van der Waals surface area contributed by atoms with Crippen LogP contribution in [-0.2, 0) is 4.79 Å². The molecular weight excluding hydrogens is 350 g/mol. The van der Waals surface area contributed by atoms with Crippen molar-refractivity contribution in [3.63, 3.8) is 0 Å². The van der Waals surface area contributed by atoms with Gasteiger partial charge in [-0.2, -0.15) is 0 Å². The second-order valence-corrected chi connectivity index (χ2v) is 7.91. The molecule has 146 valence electrons. The maximum Gasteiger partial charge on any atom is 0.251 e. The van der Waals surface area contributed by atoms with Gasteiger partial charge < -0.3 is 15.5 Å². The fraction of sp³-hybridized carbons (Fsp3) is 0.391. The summed E-state index contributed by atoms with van der Waals surface area (Å²) in [7, 11) is 1.63. The molecule has 0 aromatic heterocycles. The van der Waals surface area contributed by atoms with Crippen molar-refractivity contribution in [2.45, 2.75) is 38.8 Å². The fourth-order valence-electron chi connectivity index (χ4n) is 4.55. The highest BCUT2D eigenvalue weighted by atomic mass is 16.2. The van der Waals surface area contributed by atoms with E-state index in [4.69, 9.17) is 0 Å². The van der Waals surface area contributed by atoms with Crippen molar-refractivity contribution in [1.82, 2.24) is 5.32 Å². The zero-order valence-electron chi connectivity index (χ0n) is 16.6. The fourth-order valence-corrected chi connectivity index (χ4v) is 4.55. The summed E-state index contributed by atoms with van der Waals surface area (Å²) in [6.07, 6.45) is 2.38. The minimum atomic E-state index is -0.0890. The maximum atomic E-state index is 12.5. The number of nitrogens with one attached hydrogen (secondary N) is 2. The van der Waals surface area contributed by atoms with E-state index in [2.05, 4.69) is 29.7 Å². The molecule has 2 aromatic rings. The van der Waals surface area contributed by atoms with Crippen molar-refractivity contribution >= 4 is 23.2 Å². The van der Waals surface area contributed by atoms with Crippen molar-refractivity contribution < 1.29 is 9.59 Å². The average Bonchev–Trinajstić information content (AvgIpc) is 3.54. The van der Waals surface area contributed by atoms with E-state index in [9.17, 15) is 9.59 Å². The minimum Gasteiger partial charge on any atom is -0.378 e.